The molecule has 4 aromatic heterocycles. The Labute approximate surface area is 333 Å². The standard InChI is InChI=1S/C50H34N4.Pt/c1-49(2,3)35-25-33(45-27-31-13-4-5-14-32(31)30-52-45)26-36(28-35)50(42-18-8-6-15-38(42)39-16-7-9-19-43(39)50)34-22-23-37-40-17-12-24-51-47(40)54-46-21-11-10-20-44(46)53-48(54)41(37)29-34;/h4-25,27-28,30H,1-3H3;/q-2;+2. The number of hydrogen-bond acceptors (Lipinski definition) is 3. The zero-order chi connectivity index (χ0) is 36.2. The van der Waals surface area contributed by atoms with Crippen LogP contribution in [0.5, 0.6) is 0 Å². The summed E-state index contributed by atoms with van der Waals surface area (Å²) >= 11 is 0. The number of rotatable bonds is 3. The molecule has 0 spiro atoms. The van der Waals surface area contributed by atoms with Crippen molar-refractivity contribution in [3.8, 4) is 22.4 Å². The van der Waals surface area contributed by atoms with Gasteiger partial charge in [-0.15, -0.1) is 58.7 Å². The van der Waals surface area contributed by atoms with Gasteiger partial charge in [0.25, 0.3) is 0 Å². The zero-order valence-corrected chi connectivity index (χ0v) is 32.8. The molecule has 0 amide bonds. The van der Waals surface area contributed by atoms with Gasteiger partial charge < -0.3 is 9.38 Å². The van der Waals surface area contributed by atoms with Crippen molar-refractivity contribution in [3.05, 3.63) is 192 Å². The van der Waals surface area contributed by atoms with Crippen LogP contribution in [0.1, 0.15) is 48.6 Å². The van der Waals surface area contributed by atoms with Crippen molar-refractivity contribution in [1.82, 2.24) is 19.4 Å². The maximum Gasteiger partial charge on any atom is 2.00 e. The Balaban J connectivity index is 0.00000372. The zero-order valence-electron chi connectivity index (χ0n) is 30.5. The first-order valence-electron chi connectivity index (χ1n) is 18.5. The average Bonchev–Trinajstić information content (AvgIpc) is 3.75. The Hall–Kier alpha value is -5.96. The molecule has 11 rings (SSSR count). The van der Waals surface area contributed by atoms with Gasteiger partial charge in [-0.2, -0.15) is 0 Å². The van der Waals surface area contributed by atoms with E-state index in [0.717, 1.165) is 71.6 Å². The van der Waals surface area contributed by atoms with Crippen LogP contribution in [0.4, 0.5) is 0 Å². The van der Waals surface area contributed by atoms with Crippen LogP contribution < -0.4 is 0 Å². The number of benzene rings is 6. The number of para-hydroxylation sites is 2. The first-order valence-corrected chi connectivity index (χ1v) is 18.5. The van der Waals surface area contributed by atoms with E-state index >= 15 is 0 Å². The van der Waals surface area contributed by atoms with Crippen molar-refractivity contribution in [2.45, 2.75) is 31.6 Å². The third-order valence-electron chi connectivity index (χ3n) is 11.4. The van der Waals surface area contributed by atoms with Crippen molar-refractivity contribution in [1.29, 1.82) is 0 Å². The summed E-state index contributed by atoms with van der Waals surface area (Å²) in [5.74, 6) is 0. The van der Waals surface area contributed by atoms with E-state index in [4.69, 9.17) is 15.0 Å². The summed E-state index contributed by atoms with van der Waals surface area (Å²) in [5.41, 5.74) is 12.9. The summed E-state index contributed by atoms with van der Waals surface area (Å²) in [6.45, 7) is 6.86. The minimum Gasteiger partial charge on any atom is -0.318 e. The summed E-state index contributed by atoms with van der Waals surface area (Å²) in [6.07, 6.45) is 3.84. The van der Waals surface area contributed by atoms with Crippen molar-refractivity contribution < 1.29 is 21.1 Å². The Morgan fingerprint density at radius 3 is 2.09 bits per heavy atom. The van der Waals surface area contributed by atoms with Crippen molar-refractivity contribution in [2.75, 3.05) is 0 Å². The van der Waals surface area contributed by atoms with Crippen molar-refractivity contribution in [2.24, 2.45) is 0 Å². The maximum atomic E-state index is 5.25. The van der Waals surface area contributed by atoms with E-state index in [2.05, 4.69) is 165 Å². The van der Waals surface area contributed by atoms with E-state index < -0.39 is 5.41 Å². The molecule has 0 fully saturated rings. The van der Waals surface area contributed by atoms with Crippen LogP contribution in [0.2, 0.25) is 0 Å². The second-order valence-corrected chi connectivity index (χ2v) is 15.5. The van der Waals surface area contributed by atoms with Crippen LogP contribution in [0.3, 0.4) is 0 Å². The number of nitrogens with zero attached hydrogens (tertiary/aromatic N) is 4. The van der Waals surface area contributed by atoms with E-state index in [0.29, 0.717) is 0 Å². The first-order chi connectivity index (χ1) is 26.4. The number of aromatic nitrogens is 4. The molecule has 0 saturated carbocycles. The summed E-state index contributed by atoms with van der Waals surface area (Å²) < 4.78 is 2.20. The van der Waals surface area contributed by atoms with Gasteiger partial charge in [0.2, 0.25) is 0 Å². The van der Waals surface area contributed by atoms with Gasteiger partial charge in [-0.3, -0.25) is 4.98 Å². The molecule has 4 heterocycles. The van der Waals surface area contributed by atoms with E-state index in [1.54, 1.807) is 0 Å². The SMILES string of the molecule is CC(C)(C)c1cc(-c2cc3ccccc3cn2)[c-]c(C2(c3[c-]c4c(cc3)c3cccnc3n3c5ccccc5nc43)c3ccccc3-c3ccccc32)c1.[Pt+2]. The molecule has 0 saturated heterocycles. The molecule has 0 bridgehead atoms. The average molecular weight is 886 g/mol. The number of hydrogen-bond donors (Lipinski definition) is 0. The Kier molecular flexibility index (Phi) is 7.50. The normalized spacial score (nSPS) is 13.4. The van der Waals surface area contributed by atoms with Crippen LogP contribution in [0, 0.1) is 12.1 Å². The smallest absolute Gasteiger partial charge is 0.318 e. The van der Waals surface area contributed by atoms with Gasteiger partial charge in [-0.25, -0.2) is 4.98 Å². The molecular formula is C50H34N4Pt. The summed E-state index contributed by atoms with van der Waals surface area (Å²) in [7, 11) is 0. The molecule has 0 atom stereocenters. The predicted octanol–water partition coefficient (Wildman–Crippen LogP) is 11.7. The van der Waals surface area contributed by atoms with Gasteiger partial charge in [0, 0.05) is 17.8 Å². The molecule has 55 heavy (non-hydrogen) atoms. The van der Waals surface area contributed by atoms with Gasteiger partial charge in [0.1, 0.15) is 5.65 Å². The fraction of sp³-hybridized carbons (Fsp3) is 0.100. The number of fused-ring (bicyclic) bond motifs is 12. The monoisotopic (exact) mass is 885 g/mol. The molecule has 5 heteroatoms. The molecule has 1 aliphatic rings. The molecular weight excluding hydrogens is 852 g/mol. The van der Waals surface area contributed by atoms with Crippen LogP contribution in [0.25, 0.3) is 71.6 Å². The second-order valence-electron chi connectivity index (χ2n) is 15.5. The van der Waals surface area contributed by atoms with Gasteiger partial charge >= 0.3 is 21.1 Å². The predicted molar refractivity (Wildman–Crippen MR) is 220 cm³/mol. The topological polar surface area (TPSA) is 43.1 Å². The van der Waals surface area contributed by atoms with Crippen LogP contribution >= 0.6 is 0 Å². The molecule has 4 nitrogen and oxygen atoms in total. The first kappa shape index (κ1) is 33.6. The summed E-state index contributed by atoms with van der Waals surface area (Å²) in [5, 5.41) is 5.39. The summed E-state index contributed by atoms with van der Waals surface area (Å²) in [6, 6.07) is 58.1. The minimum atomic E-state index is -0.735. The molecule has 0 unspecified atom stereocenters. The molecule has 10 aromatic rings. The largest absolute Gasteiger partial charge is 2.00 e. The Morgan fingerprint density at radius 1 is 0.600 bits per heavy atom. The van der Waals surface area contributed by atoms with Crippen LogP contribution in [0.15, 0.2) is 152 Å². The molecule has 264 valence electrons. The van der Waals surface area contributed by atoms with E-state index in [-0.39, 0.29) is 26.5 Å². The van der Waals surface area contributed by atoms with Gasteiger partial charge in [-0.1, -0.05) is 129 Å². The Morgan fingerprint density at radius 2 is 1.31 bits per heavy atom. The van der Waals surface area contributed by atoms with Gasteiger partial charge in [-0.05, 0) is 67.7 Å². The second kappa shape index (κ2) is 12.3. The summed E-state index contributed by atoms with van der Waals surface area (Å²) in [4.78, 5) is 15.2. The fourth-order valence-electron chi connectivity index (χ4n) is 8.84. The molecule has 0 radical (unpaired) electrons. The van der Waals surface area contributed by atoms with Crippen LogP contribution in [-0.4, -0.2) is 19.4 Å². The van der Waals surface area contributed by atoms with Crippen LogP contribution in [-0.2, 0) is 31.9 Å². The van der Waals surface area contributed by atoms with Crippen molar-refractivity contribution in [3.63, 3.8) is 0 Å². The third-order valence-corrected chi connectivity index (χ3v) is 11.4. The quantitative estimate of drug-likeness (QED) is 0.131. The van der Waals surface area contributed by atoms with E-state index in [1.165, 1.54) is 27.8 Å². The Bertz CT molecular complexity index is 3120. The molecule has 1 aliphatic carbocycles. The van der Waals surface area contributed by atoms with Gasteiger partial charge in [0.15, 0.2) is 0 Å². The molecule has 6 aromatic carbocycles. The van der Waals surface area contributed by atoms with E-state index in [1.807, 2.05) is 24.5 Å². The molecule has 0 aliphatic heterocycles. The maximum absolute atomic E-state index is 5.25. The fourth-order valence-corrected chi connectivity index (χ4v) is 8.84. The minimum absolute atomic E-state index is 0. The van der Waals surface area contributed by atoms with Gasteiger partial charge in [0.05, 0.1) is 16.7 Å². The third kappa shape index (κ3) is 4.84. The number of imidazole rings is 1. The number of pyridine rings is 3. The molecule has 0 N–H and O–H groups in total. The van der Waals surface area contributed by atoms with E-state index in [9.17, 15) is 0 Å². The van der Waals surface area contributed by atoms with Crippen molar-refractivity contribution >= 4 is 49.3 Å².